The summed E-state index contributed by atoms with van der Waals surface area (Å²) in [5, 5.41) is 11.2. The number of hydrogen-bond acceptors (Lipinski definition) is 4. The quantitative estimate of drug-likeness (QED) is 0.161. The largest absolute Gasteiger partial charge is 0.345 e. The Kier molecular flexibility index (Phi) is 6.70. The average molecular weight is 641 g/mol. The number of H-pyrrole nitrogens is 1. The molecule has 0 atom stereocenters. The van der Waals surface area contributed by atoms with E-state index in [4.69, 9.17) is 35.4 Å². The van der Waals surface area contributed by atoms with Crippen molar-refractivity contribution < 1.29 is 0 Å². The topological polar surface area (TPSA) is 74.5 Å². The van der Waals surface area contributed by atoms with Crippen molar-refractivity contribution in [3.05, 3.63) is 107 Å². The molecule has 0 unspecified atom stereocenters. The van der Waals surface area contributed by atoms with E-state index in [-0.39, 0.29) is 5.56 Å². The fraction of sp³-hybridized carbons (Fsp3) is 0.0370. The minimum Gasteiger partial charge on any atom is -0.345 e. The first-order valence-corrected chi connectivity index (χ1v) is 12.9. The summed E-state index contributed by atoms with van der Waals surface area (Å²) < 4.78 is 2.88. The zero-order valence-corrected chi connectivity index (χ0v) is 23.1. The second kappa shape index (κ2) is 9.79. The van der Waals surface area contributed by atoms with Gasteiger partial charge in [0.25, 0.3) is 5.56 Å². The van der Waals surface area contributed by atoms with Crippen LogP contribution in [0.3, 0.4) is 0 Å². The lowest BCUT2D eigenvalue weighted by Crippen LogP contribution is -2.22. The number of aromatic nitrogens is 3. The smallest absolute Gasteiger partial charge is 0.265 e. The van der Waals surface area contributed by atoms with E-state index in [1.807, 2.05) is 55.5 Å². The average Bonchev–Trinajstić information content (AvgIpc) is 2.84. The van der Waals surface area contributed by atoms with Crippen molar-refractivity contribution in [3.8, 4) is 34.1 Å². The van der Waals surface area contributed by atoms with Gasteiger partial charge in [-0.05, 0) is 83.6 Å². The fourth-order valence-electron chi connectivity index (χ4n) is 4.11. The van der Waals surface area contributed by atoms with Gasteiger partial charge in [0, 0.05) is 30.4 Å². The van der Waals surface area contributed by atoms with Crippen LogP contribution in [0.5, 0.6) is 0 Å². The number of nitrogens with zero attached hydrogens (tertiary/aromatic N) is 3. The summed E-state index contributed by atoms with van der Waals surface area (Å²) in [6, 6.07) is 22.3. The molecule has 5 rings (SSSR count). The number of nitrogens with one attached hydrogen (secondary N) is 1. The molecule has 0 aliphatic rings. The summed E-state index contributed by atoms with van der Waals surface area (Å²) >= 11 is 20.2. The summed E-state index contributed by atoms with van der Waals surface area (Å²) in [5.74, 6) is 0.596. The molecule has 176 valence electrons. The Labute approximate surface area is 235 Å². The van der Waals surface area contributed by atoms with Crippen LogP contribution in [-0.2, 0) is 0 Å². The molecule has 0 amide bonds. The first-order chi connectivity index (χ1) is 17.3. The maximum atomic E-state index is 13.3. The van der Waals surface area contributed by atoms with Crippen LogP contribution in [0.25, 0.3) is 39.0 Å². The van der Waals surface area contributed by atoms with Crippen LogP contribution in [0.4, 0.5) is 0 Å². The van der Waals surface area contributed by atoms with Crippen LogP contribution in [0.1, 0.15) is 11.4 Å². The molecule has 0 saturated carbocycles. The third kappa shape index (κ3) is 4.46. The summed E-state index contributed by atoms with van der Waals surface area (Å²) in [6.07, 6.45) is 0. The monoisotopic (exact) mass is 640 g/mol. The molecule has 0 fully saturated rings. The molecule has 0 saturated heterocycles. The Morgan fingerprint density at radius 1 is 1.03 bits per heavy atom. The third-order valence-corrected chi connectivity index (χ3v) is 7.33. The van der Waals surface area contributed by atoms with Crippen molar-refractivity contribution in [1.29, 1.82) is 5.26 Å². The molecule has 0 spiro atoms. The van der Waals surface area contributed by atoms with Gasteiger partial charge >= 0.3 is 0 Å². The van der Waals surface area contributed by atoms with Gasteiger partial charge in [-0.1, -0.05) is 53.6 Å². The van der Waals surface area contributed by atoms with E-state index >= 15 is 0 Å². The second-order valence-electron chi connectivity index (χ2n) is 8.04. The van der Waals surface area contributed by atoms with Crippen molar-refractivity contribution in [2.45, 2.75) is 6.92 Å². The normalized spacial score (nSPS) is 11.0. The predicted molar refractivity (Wildman–Crippen MR) is 156 cm³/mol. The summed E-state index contributed by atoms with van der Waals surface area (Å²) in [7, 11) is 0. The zero-order chi connectivity index (χ0) is 25.6. The Bertz CT molecular complexity index is 1840. The van der Waals surface area contributed by atoms with E-state index in [1.54, 1.807) is 22.8 Å². The molecule has 1 N–H and O–H groups in total. The van der Waals surface area contributed by atoms with Gasteiger partial charge in [0.05, 0.1) is 22.2 Å². The molecule has 5 aromatic rings. The molecule has 0 radical (unpaired) electrons. The lowest BCUT2D eigenvalue weighted by molar-refractivity contribution is 0.895. The Morgan fingerprint density at radius 2 is 1.78 bits per heavy atom. The van der Waals surface area contributed by atoms with Gasteiger partial charge in [0.1, 0.15) is 16.5 Å². The molecule has 0 aliphatic carbocycles. The SMILES string of the molecule is Cc1nc2ccc(I)cc2c(=O)n1-c1ccc(-c2cc(-c3ccc(Cl)cc3Cl)c(C#N)c(=S)[nH]2)cc1. The fourth-order valence-corrected chi connectivity index (χ4v) is 5.38. The van der Waals surface area contributed by atoms with E-state index in [0.29, 0.717) is 59.5 Å². The van der Waals surface area contributed by atoms with Gasteiger partial charge in [0.2, 0.25) is 0 Å². The molecule has 2 aromatic heterocycles. The lowest BCUT2D eigenvalue weighted by Gasteiger charge is -2.13. The highest BCUT2D eigenvalue weighted by molar-refractivity contribution is 14.1. The molecule has 36 heavy (non-hydrogen) atoms. The maximum Gasteiger partial charge on any atom is 0.265 e. The van der Waals surface area contributed by atoms with Crippen molar-refractivity contribution in [3.63, 3.8) is 0 Å². The summed E-state index contributed by atoms with van der Waals surface area (Å²) in [6.45, 7) is 1.81. The van der Waals surface area contributed by atoms with Gasteiger partial charge in [-0.2, -0.15) is 5.26 Å². The number of halogens is 3. The highest BCUT2D eigenvalue weighted by Crippen LogP contribution is 2.35. The molecular weight excluding hydrogens is 626 g/mol. The van der Waals surface area contributed by atoms with Gasteiger partial charge in [-0.3, -0.25) is 9.36 Å². The van der Waals surface area contributed by atoms with Gasteiger partial charge in [-0.25, -0.2) is 4.98 Å². The molecule has 0 aliphatic heterocycles. The van der Waals surface area contributed by atoms with Crippen LogP contribution in [0.2, 0.25) is 10.0 Å². The van der Waals surface area contributed by atoms with Crippen molar-refractivity contribution in [1.82, 2.24) is 14.5 Å². The molecular formula is C27H15Cl2IN4OS. The molecule has 0 bridgehead atoms. The highest BCUT2D eigenvalue weighted by atomic mass is 127. The number of benzene rings is 3. The minimum absolute atomic E-state index is 0.124. The van der Waals surface area contributed by atoms with Crippen LogP contribution < -0.4 is 5.56 Å². The first-order valence-electron chi connectivity index (χ1n) is 10.7. The Morgan fingerprint density at radius 3 is 2.47 bits per heavy atom. The Hall–Kier alpha value is -3.03. The maximum absolute atomic E-state index is 13.3. The van der Waals surface area contributed by atoms with Crippen LogP contribution in [-0.4, -0.2) is 14.5 Å². The highest BCUT2D eigenvalue weighted by Gasteiger charge is 2.15. The number of pyridine rings is 1. The van der Waals surface area contributed by atoms with E-state index in [0.717, 1.165) is 9.13 Å². The lowest BCUT2D eigenvalue weighted by atomic mass is 9.99. The number of hydrogen-bond donors (Lipinski definition) is 1. The molecule has 5 nitrogen and oxygen atoms in total. The number of aromatic amines is 1. The van der Waals surface area contributed by atoms with Gasteiger partial charge in [0.15, 0.2) is 0 Å². The van der Waals surface area contributed by atoms with Crippen molar-refractivity contribution >= 4 is 68.9 Å². The van der Waals surface area contributed by atoms with Crippen molar-refractivity contribution in [2.24, 2.45) is 0 Å². The summed E-state index contributed by atoms with van der Waals surface area (Å²) in [4.78, 5) is 21.0. The second-order valence-corrected chi connectivity index (χ2v) is 10.5. The van der Waals surface area contributed by atoms with Crippen molar-refractivity contribution in [2.75, 3.05) is 0 Å². The van der Waals surface area contributed by atoms with Crippen LogP contribution >= 0.6 is 58.0 Å². The summed E-state index contributed by atoms with van der Waals surface area (Å²) in [5.41, 5.74) is 4.38. The van der Waals surface area contributed by atoms with Gasteiger partial charge < -0.3 is 4.98 Å². The molecule has 3 aromatic carbocycles. The van der Waals surface area contributed by atoms with Crippen LogP contribution in [0, 0.1) is 26.5 Å². The van der Waals surface area contributed by atoms with E-state index in [2.05, 4.69) is 38.6 Å². The number of nitriles is 1. The Balaban J connectivity index is 1.62. The predicted octanol–water partition coefficient (Wildman–Crippen LogP) is 7.87. The van der Waals surface area contributed by atoms with E-state index in [1.165, 1.54) is 0 Å². The molecule has 9 heteroatoms. The van der Waals surface area contributed by atoms with E-state index in [9.17, 15) is 10.1 Å². The van der Waals surface area contributed by atoms with Gasteiger partial charge in [-0.15, -0.1) is 0 Å². The first kappa shape index (κ1) is 24.7. The number of rotatable bonds is 3. The minimum atomic E-state index is -0.124. The number of aryl methyl sites for hydroxylation is 1. The molecule has 2 heterocycles. The number of fused-ring (bicyclic) bond motifs is 1. The van der Waals surface area contributed by atoms with E-state index < -0.39 is 0 Å². The van der Waals surface area contributed by atoms with Crippen LogP contribution in [0.15, 0.2) is 71.5 Å². The standard InChI is InChI=1S/C27H15Cl2IN4OS/c1-14-32-24-9-5-17(30)11-21(24)27(35)34(14)18-6-2-15(3-7-18)25-12-20(22(13-31)26(36)33-25)19-8-4-16(28)10-23(19)29/h2-12H,1H3,(H,33,36). The third-order valence-electron chi connectivity index (χ3n) is 5.80. The zero-order valence-electron chi connectivity index (χ0n) is 18.6.